The van der Waals surface area contributed by atoms with Crippen LogP contribution >= 0.6 is 0 Å². The molecule has 0 bridgehead atoms. The first-order chi connectivity index (χ1) is 24.3. The van der Waals surface area contributed by atoms with Crippen molar-refractivity contribution in [3.63, 3.8) is 0 Å². The van der Waals surface area contributed by atoms with Crippen LogP contribution in [0.2, 0.25) is 0 Å². The number of benzene rings is 7. The van der Waals surface area contributed by atoms with E-state index in [9.17, 15) is 0 Å². The zero-order valence-electron chi connectivity index (χ0n) is 26.9. The molecule has 0 N–H and O–H groups in total. The van der Waals surface area contributed by atoms with Gasteiger partial charge in [-0.15, -0.1) is 0 Å². The molecular weight excluding hydrogens is 593 g/mol. The molecule has 0 spiro atoms. The number of nitrogens with zero attached hydrogens (tertiary/aromatic N) is 2. The highest BCUT2D eigenvalue weighted by Crippen LogP contribution is 2.57. The van der Waals surface area contributed by atoms with E-state index in [0.717, 1.165) is 33.6 Å². The van der Waals surface area contributed by atoms with Gasteiger partial charge in [-0.05, 0) is 44.5 Å². The van der Waals surface area contributed by atoms with E-state index in [2.05, 4.69) is 194 Å². The zero-order chi connectivity index (χ0) is 32.6. The zero-order valence-corrected chi connectivity index (χ0v) is 26.9. The van der Waals surface area contributed by atoms with Crippen LogP contribution in [0.4, 0.5) is 0 Å². The van der Waals surface area contributed by atoms with Crippen molar-refractivity contribution in [3.05, 3.63) is 217 Å². The van der Waals surface area contributed by atoms with Crippen LogP contribution in [-0.4, -0.2) is 9.97 Å². The minimum absolute atomic E-state index is 0.615. The second-order valence-electron chi connectivity index (χ2n) is 12.5. The molecule has 0 fully saturated rings. The van der Waals surface area contributed by atoms with Crippen LogP contribution in [0.15, 0.2) is 194 Å². The highest BCUT2D eigenvalue weighted by atomic mass is 14.9. The van der Waals surface area contributed by atoms with Crippen molar-refractivity contribution in [1.29, 1.82) is 0 Å². The monoisotopic (exact) mass is 624 g/mol. The van der Waals surface area contributed by atoms with Gasteiger partial charge in [0.05, 0.1) is 16.8 Å². The van der Waals surface area contributed by atoms with E-state index in [1.54, 1.807) is 0 Å². The maximum Gasteiger partial charge on any atom is 0.160 e. The molecule has 9 rings (SSSR count). The number of aromatic nitrogens is 2. The summed E-state index contributed by atoms with van der Waals surface area (Å²) in [5.41, 5.74) is 14.0. The third-order valence-corrected chi connectivity index (χ3v) is 9.79. The molecule has 1 aromatic heterocycles. The highest BCUT2D eigenvalue weighted by Gasteiger charge is 2.49. The summed E-state index contributed by atoms with van der Waals surface area (Å²) in [6, 6.07) is 68.9. The van der Waals surface area contributed by atoms with Crippen LogP contribution in [0.5, 0.6) is 0 Å². The van der Waals surface area contributed by atoms with Crippen LogP contribution in [0.3, 0.4) is 0 Å². The Labute approximate surface area is 287 Å². The van der Waals surface area contributed by atoms with Crippen LogP contribution in [0.1, 0.15) is 22.4 Å². The van der Waals surface area contributed by atoms with Crippen LogP contribution in [-0.2, 0) is 5.41 Å². The third-order valence-electron chi connectivity index (χ3n) is 9.79. The second-order valence-corrected chi connectivity index (χ2v) is 12.5. The highest BCUT2D eigenvalue weighted by molar-refractivity contribution is 5.93. The van der Waals surface area contributed by atoms with E-state index < -0.39 is 5.41 Å². The molecule has 7 aromatic carbocycles. The van der Waals surface area contributed by atoms with Gasteiger partial charge in [0.15, 0.2) is 5.82 Å². The molecule has 2 nitrogen and oxygen atoms in total. The first kappa shape index (κ1) is 28.8. The van der Waals surface area contributed by atoms with Gasteiger partial charge in [0.25, 0.3) is 0 Å². The van der Waals surface area contributed by atoms with Gasteiger partial charge in [-0.2, -0.15) is 0 Å². The molecule has 0 saturated carbocycles. The summed E-state index contributed by atoms with van der Waals surface area (Å²) in [7, 11) is 0. The Kier molecular flexibility index (Phi) is 7.06. The molecule has 0 aliphatic heterocycles. The lowest BCUT2D eigenvalue weighted by Gasteiger charge is -2.33. The largest absolute Gasteiger partial charge is 0.231 e. The molecule has 0 unspecified atom stereocenters. The SMILES string of the molecule is c1ccc(-c2ccc(-c3ccc(-c4nc(-c5ccccc5)c5c(n4)C(c4ccccc4)(c4ccccc4)c4ccccc4-5)cc3)cc2)cc1. The Morgan fingerprint density at radius 3 is 1.27 bits per heavy atom. The van der Waals surface area contributed by atoms with Crippen molar-refractivity contribution >= 4 is 0 Å². The third kappa shape index (κ3) is 4.80. The average molecular weight is 625 g/mol. The normalized spacial score (nSPS) is 12.7. The molecule has 1 aliphatic carbocycles. The maximum absolute atomic E-state index is 5.57. The molecule has 0 atom stereocenters. The topological polar surface area (TPSA) is 25.8 Å². The number of fused-ring (bicyclic) bond motifs is 3. The van der Waals surface area contributed by atoms with E-state index in [0.29, 0.717) is 5.82 Å². The van der Waals surface area contributed by atoms with E-state index in [1.165, 1.54) is 38.9 Å². The van der Waals surface area contributed by atoms with Gasteiger partial charge in [-0.1, -0.05) is 194 Å². The molecular formula is C47H32N2. The van der Waals surface area contributed by atoms with Crippen molar-refractivity contribution in [3.8, 4) is 56.0 Å². The summed E-state index contributed by atoms with van der Waals surface area (Å²) in [5, 5.41) is 0. The van der Waals surface area contributed by atoms with E-state index >= 15 is 0 Å². The Bertz CT molecular complexity index is 2340. The molecule has 0 radical (unpaired) electrons. The smallest absolute Gasteiger partial charge is 0.160 e. The quantitative estimate of drug-likeness (QED) is 0.184. The summed E-state index contributed by atoms with van der Waals surface area (Å²) in [6.45, 7) is 0. The minimum Gasteiger partial charge on any atom is -0.231 e. The molecule has 1 aliphatic rings. The van der Waals surface area contributed by atoms with Gasteiger partial charge in [0, 0.05) is 16.7 Å². The fourth-order valence-corrected chi connectivity index (χ4v) is 7.50. The van der Waals surface area contributed by atoms with Crippen molar-refractivity contribution < 1.29 is 0 Å². The van der Waals surface area contributed by atoms with E-state index in [4.69, 9.17) is 9.97 Å². The molecule has 49 heavy (non-hydrogen) atoms. The predicted octanol–water partition coefficient (Wildman–Crippen LogP) is 11.5. The van der Waals surface area contributed by atoms with Crippen molar-refractivity contribution in [2.75, 3.05) is 0 Å². The van der Waals surface area contributed by atoms with Gasteiger partial charge in [-0.3, -0.25) is 0 Å². The molecule has 1 heterocycles. The van der Waals surface area contributed by atoms with Gasteiger partial charge in [0.1, 0.15) is 0 Å². The van der Waals surface area contributed by atoms with Gasteiger partial charge < -0.3 is 0 Å². The Hall–Kier alpha value is -6.38. The lowest BCUT2D eigenvalue weighted by Crippen LogP contribution is -2.30. The van der Waals surface area contributed by atoms with Crippen LogP contribution < -0.4 is 0 Å². The second kappa shape index (κ2) is 12.0. The summed E-state index contributed by atoms with van der Waals surface area (Å²) >= 11 is 0. The molecule has 230 valence electrons. The van der Waals surface area contributed by atoms with E-state index in [1.807, 2.05) is 0 Å². The first-order valence-electron chi connectivity index (χ1n) is 16.8. The van der Waals surface area contributed by atoms with Gasteiger partial charge in [0.2, 0.25) is 0 Å². The number of hydrogen-bond acceptors (Lipinski definition) is 2. The lowest BCUT2D eigenvalue weighted by atomic mass is 9.69. The summed E-state index contributed by atoms with van der Waals surface area (Å²) in [5.74, 6) is 0.715. The summed E-state index contributed by atoms with van der Waals surface area (Å²) < 4.78 is 0. The van der Waals surface area contributed by atoms with E-state index in [-0.39, 0.29) is 0 Å². The van der Waals surface area contributed by atoms with Gasteiger partial charge in [-0.25, -0.2) is 9.97 Å². The maximum atomic E-state index is 5.57. The molecule has 0 saturated heterocycles. The number of hydrogen-bond donors (Lipinski definition) is 0. The summed E-state index contributed by atoms with van der Waals surface area (Å²) in [4.78, 5) is 10.9. The average Bonchev–Trinajstić information content (AvgIpc) is 3.50. The molecule has 2 heteroatoms. The fourth-order valence-electron chi connectivity index (χ4n) is 7.50. The lowest BCUT2D eigenvalue weighted by molar-refractivity contribution is 0.736. The van der Waals surface area contributed by atoms with Crippen LogP contribution in [0, 0.1) is 0 Å². The van der Waals surface area contributed by atoms with Crippen molar-refractivity contribution in [2.24, 2.45) is 0 Å². The fraction of sp³-hybridized carbons (Fsp3) is 0.0213. The first-order valence-corrected chi connectivity index (χ1v) is 16.8. The van der Waals surface area contributed by atoms with Crippen LogP contribution in [0.25, 0.3) is 56.0 Å². The van der Waals surface area contributed by atoms with Crippen molar-refractivity contribution in [1.82, 2.24) is 9.97 Å². The molecule has 8 aromatic rings. The van der Waals surface area contributed by atoms with Gasteiger partial charge >= 0.3 is 0 Å². The summed E-state index contributed by atoms with van der Waals surface area (Å²) in [6.07, 6.45) is 0. The van der Waals surface area contributed by atoms with Crippen molar-refractivity contribution in [2.45, 2.75) is 5.41 Å². The Morgan fingerprint density at radius 1 is 0.327 bits per heavy atom. The molecule has 0 amide bonds. The Balaban J connectivity index is 1.24. The predicted molar refractivity (Wildman–Crippen MR) is 201 cm³/mol. The number of rotatable bonds is 6. The standard InChI is InChI=1S/C47H32N2/c1-5-15-33(16-6-1)34-25-27-35(28-26-34)36-29-31-38(32-30-36)46-48-44(37-17-7-2-8-18-37)43-41-23-13-14-24-42(41)47(45(43)49-46,39-19-9-3-10-20-39)40-21-11-4-12-22-40/h1-32H. The Morgan fingerprint density at radius 2 is 0.735 bits per heavy atom. The minimum atomic E-state index is -0.615.